The summed E-state index contributed by atoms with van der Waals surface area (Å²) < 4.78 is 17.5. The molecule has 0 bridgehead atoms. The van der Waals surface area contributed by atoms with E-state index in [0.717, 1.165) is 4.47 Å². The van der Waals surface area contributed by atoms with Gasteiger partial charge in [-0.05, 0) is 42.5 Å². The van der Waals surface area contributed by atoms with E-state index in [9.17, 15) is 9.59 Å². The summed E-state index contributed by atoms with van der Waals surface area (Å²) in [6.45, 7) is -0.149. The number of carbonyl (C=O) groups excluding carboxylic acids is 1. The van der Waals surface area contributed by atoms with Gasteiger partial charge in [-0.2, -0.15) is 0 Å². The highest BCUT2D eigenvalue weighted by Crippen LogP contribution is 2.28. The highest BCUT2D eigenvalue weighted by atomic mass is 79.9. The SMILES string of the molecule is COc1cccc2c(=O)c3ccc(NC(=O)COc4cccc(Br)c4)cc3oc12. The monoisotopic (exact) mass is 453 g/mol. The average Bonchev–Trinajstić information content (AvgIpc) is 2.72. The number of para-hydroxylation sites is 1. The summed E-state index contributed by atoms with van der Waals surface area (Å²) in [6.07, 6.45) is 0. The van der Waals surface area contributed by atoms with Crippen molar-refractivity contribution in [1.29, 1.82) is 0 Å². The van der Waals surface area contributed by atoms with Gasteiger partial charge in [0.05, 0.1) is 17.9 Å². The van der Waals surface area contributed by atoms with Crippen LogP contribution in [0.4, 0.5) is 5.69 Å². The molecule has 0 unspecified atom stereocenters. The number of carbonyl (C=O) groups is 1. The van der Waals surface area contributed by atoms with E-state index in [1.54, 1.807) is 48.5 Å². The predicted molar refractivity (Wildman–Crippen MR) is 115 cm³/mol. The first kappa shape index (κ1) is 19.0. The molecule has 6 nitrogen and oxygen atoms in total. The van der Waals surface area contributed by atoms with Crippen LogP contribution in [-0.2, 0) is 4.79 Å². The van der Waals surface area contributed by atoms with Gasteiger partial charge in [0.1, 0.15) is 11.3 Å². The molecule has 0 aliphatic heterocycles. The molecule has 0 spiro atoms. The molecule has 0 saturated carbocycles. The summed E-state index contributed by atoms with van der Waals surface area (Å²) in [5.74, 6) is 0.723. The fourth-order valence-corrected chi connectivity index (χ4v) is 3.37. The van der Waals surface area contributed by atoms with Gasteiger partial charge in [-0.15, -0.1) is 0 Å². The highest BCUT2D eigenvalue weighted by molar-refractivity contribution is 9.10. The number of hydrogen-bond donors (Lipinski definition) is 1. The second-order valence-corrected chi connectivity index (χ2v) is 7.19. The molecule has 1 heterocycles. The minimum atomic E-state index is -0.329. The molecule has 29 heavy (non-hydrogen) atoms. The molecule has 3 aromatic carbocycles. The van der Waals surface area contributed by atoms with Crippen LogP contribution < -0.4 is 20.2 Å². The lowest BCUT2D eigenvalue weighted by molar-refractivity contribution is -0.118. The molecule has 0 aliphatic rings. The average molecular weight is 454 g/mol. The molecular formula is C22H16BrNO5. The van der Waals surface area contributed by atoms with Crippen LogP contribution in [0.25, 0.3) is 21.9 Å². The van der Waals surface area contributed by atoms with Crippen molar-refractivity contribution in [2.24, 2.45) is 0 Å². The zero-order valence-electron chi connectivity index (χ0n) is 15.4. The van der Waals surface area contributed by atoms with Crippen molar-refractivity contribution in [3.63, 3.8) is 0 Å². The standard InChI is InChI=1S/C22H16BrNO5/c1-27-18-7-3-6-17-21(26)16-9-8-14(11-19(16)29-22(17)18)24-20(25)12-28-15-5-2-4-13(23)10-15/h2-11H,12H2,1H3,(H,24,25). The zero-order chi connectivity index (χ0) is 20.4. The molecule has 0 fully saturated rings. The summed E-state index contributed by atoms with van der Waals surface area (Å²) in [5.41, 5.74) is 1.07. The lowest BCUT2D eigenvalue weighted by atomic mass is 10.1. The minimum absolute atomic E-state index is 0.149. The first-order valence-corrected chi connectivity index (χ1v) is 9.56. The smallest absolute Gasteiger partial charge is 0.262 e. The summed E-state index contributed by atoms with van der Waals surface area (Å²) in [6, 6.07) is 17.3. The second kappa shape index (κ2) is 7.97. The maximum Gasteiger partial charge on any atom is 0.262 e. The molecule has 1 N–H and O–H groups in total. The molecule has 4 rings (SSSR count). The minimum Gasteiger partial charge on any atom is -0.493 e. The topological polar surface area (TPSA) is 77.8 Å². The van der Waals surface area contributed by atoms with E-state index >= 15 is 0 Å². The van der Waals surface area contributed by atoms with E-state index in [4.69, 9.17) is 13.9 Å². The van der Waals surface area contributed by atoms with Crippen molar-refractivity contribution >= 4 is 49.5 Å². The van der Waals surface area contributed by atoms with Gasteiger partial charge in [0.15, 0.2) is 17.9 Å². The van der Waals surface area contributed by atoms with Crippen molar-refractivity contribution in [2.45, 2.75) is 0 Å². The molecule has 146 valence electrons. The summed E-state index contributed by atoms with van der Waals surface area (Å²) in [7, 11) is 1.51. The summed E-state index contributed by atoms with van der Waals surface area (Å²) >= 11 is 3.35. The highest BCUT2D eigenvalue weighted by Gasteiger charge is 2.12. The third kappa shape index (κ3) is 3.95. The fraction of sp³-hybridized carbons (Fsp3) is 0.0909. The molecule has 1 aromatic heterocycles. The Balaban J connectivity index is 1.59. The van der Waals surface area contributed by atoms with E-state index in [-0.39, 0.29) is 17.9 Å². The Kier molecular flexibility index (Phi) is 5.22. The number of fused-ring (bicyclic) bond motifs is 2. The van der Waals surface area contributed by atoms with Crippen molar-refractivity contribution in [3.05, 3.63) is 75.4 Å². The number of benzene rings is 3. The van der Waals surface area contributed by atoms with Crippen LogP contribution in [0.15, 0.2) is 74.3 Å². The maximum absolute atomic E-state index is 12.7. The van der Waals surface area contributed by atoms with Gasteiger partial charge in [0.25, 0.3) is 5.91 Å². The predicted octanol–water partition coefficient (Wildman–Crippen LogP) is 4.73. The molecule has 0 saturated heterocycles. The Hall–Kier alpha value is -3.32. The third-order valence-electron chi connectivity index (χ3n) is 4.33. The third-order valence-corrected chi connectivity index (χ3v) is 4.82. The van der Waals surface area contributed by atoms with E-state index < -0.39 is 0 Å². The summed E-state index contributed by atoms with van der Waals surface area (Å²) in [5, 5.41) is 3.61. The van der Waals surface area contributed by atoms with Crippen LogP contribution >= 0.6 is 15.9 Å². The first-order chi connectivity index (χ1) is 14.0. The van der Waals surface area contributed by atoms with Crippen molar-refractivity contribution in [3.8, 4) is 11.5 Å². The van der Waals surface area contributed by atoms with Crippen LogP contribution in [-0.4, -0.2) is 19.6 Å². The quantitative estimate of drug-likeness (QED) is 0.441. The second-order valence-electron chi connectivity index (χ2n) is 6.27. The summed E-state index contributed by atoms with van der Waals surface area (Å²) in [4.78, 5) is 25.0. The number of halogens is 1. The largest absolute Gasteiger partial charge is 0.493 e. The van der Waals surface area contributed by atoms with Crippen LogP contribution in [0.3, 0.4) is 0 Å². The van der Waals surface area contributed by atoms with E-state index in [1.165, 1.54) is 7.11 Å². The molecule has 4 aromatic rings. The fourth-order valence-electron chi connectivity index (χ4n) is 2.99. The van der Waals surface area contributed by atoms with Gasteiger partial charge in [-0.1, -0.05) is 28.1 Å². The molecule has 1 amide bonds. The molecular weight excluding hydrogens is 438 g/mol. The Labute approximate surface area is 174 Å². The van der Waals surface area contributed by atoms with Gasteiger partial charge in [0.2, 0.25) is 5.43 Å². The van der Waals surface area contributed by atoms with E-state index in [2.05, 4.69) is 21.2 Å². The Morgan fingerprint density at radius 2 is 1.90 bits per heavy atom. The normalized spacial score (nSPS) is 10.8. The number of amides is 1. The van der Waals surface area contributed by atoms with Gasteiger partial charge in [-0.25, -0.2) is 0 Å². The van der Waals surface area contributed by atoms with Crippen molar-refractivity contribution < 1.29 is 18.7 Å². The zero-order valence-corrected chi connectivity index (χ0v) is 17.0. The van der Waals surface area contributed by atoms with Gasteiger partial charge in [0, 0.05) is 16.2 Å². The number of nitrogens with one attached hydrogen (secondary N) is 1. The van der Waals surface area contributed by atoms with Gasteiger partial charge < -0.3 is 19.2 Å². The lowest BCUT2D eigenvalue weighted by Crippen LogP contribution is -2.20. The van der Waals surface area contributed by atoms with E-state index in [0.29, 0.717) is 39.1 Å². The number of hydrogen-bond acceptors (Lipinski definition) is 5. The Morgan fingerprint density at radius 3 is 2.69 bits per heavy atom. The van der Waals surface area contributed by atoms with Crippen LogP contribution in [0.1, 0.15) is 0 Å². The van der Waals surface area contributed by atoms with Crippen LogP contribution in [0, 0.1) is 0 Å². The van der Waals surface area contributed by atoms with Gasteiger partial charge in [-0.3, -0.25) is 9.59 Å². The molecule has 0 atom stereocenters. The maximum atomic E-state index is 12.7. The molecule has 0 radical (unpaired) electrons. The number of anilines is 1. The molecule has 7 heteroatoms. The van der Waals surface area contributed by atoms with Crippen molar-refractivity contribution in [1.82, 2.24) is 0 Å². The molecule has 0 aliphatic carbocycles. The van der Waals surface area contributed by atoms with Crippen molar-refractivity contribution in [2.75, 3.05) is 19.0 Å². The number of methoxy groups -OCH3 is 1. The van der Waals surface area contributed by atoms with Crippen LogP contribution in [0.2, 0.25) is 0 Å². The van der Waals surface area contributed by atoms with Crippen LogP contribution in [0.5, 0.6) is 11.5 Å². The number of rotatable bonds is 5. The first-order valence-electron chi connectivity index (χ1n) is 8.77. The lowest BCUT2D eigenvalue weighted by Gasteiger charge is -2.09. The Bertz CT molecular complexity index is 1280. The van der Waals surface area contributed by atoms with Gasteiger partial charge >= 0.3 is 0 Å². The number of ether oxygens (including phenoxy) is 2. The van der Waals surface area contributed by atoms with E-state index in [1.807, 2.05) is 12.1 Å². The Morgan fingerprint density at radius 1 is 1.07 bits per heavy atom.